The molecule has 0 saturated heterocycles. The van der Waals surface area contributed by atoms with Gasteiger partial charge in [-0.3, -0.25) is 9.59 Å². The monoisotopic (exact) mass is 343 g/mol. The van der Waals surface area contributed by atoms with Crippen LogP contribution in [0.3, 0.4) is 0 Å². The molecule has 24 heavy (non-hydrogen) atoms. The predicted octanol–water partition coefficient (Wildman–Crippen LogP) is 1.68. The molecule has 0 saturated carbocycles. The molecule has 3 atom stereocenters. The van der Waals surface area contributed by atoms with Gasteiger partial charge in [0, 0.05) is 19.4 Å². The number of ether oxygens (including phenoxy) is 4. The molecule has 8 heteroatoms. The summed E-state index contributed by atoms with van der Waals surface area (Å²) in [6, 6.07) is 0. The van der Waals surface area contributed by atoms with Crippen LogP contribution in [0, 0.1) is 0 Å². The number of rotatable bonds is 4. The Morgan fingerprint density at radius 1 is 1.17 bits per heavy atom. The van der Waals surface area contributed by atoms with Crippen molar-refractivity contribution < 1.29 is 33.3 Å². The van der Waals surface area contributed by atoms with Crippen LogP contribution in [-0.4, -0.2) is 48.5 Å². The number of hydrogen-bond acceptors (Lipinski definition) is 7. The van der Waals surface area contributed by atoms with E-state index in [2.05, 4.69) is 5.32 Å². The molecule has 1 amide bonds. The zero-order valence-electron chi connectivity index (χ0n) is 14.9. The number of esters is 2. The Morgan fingerprint density at radius 2 is 1.75 bits per heavy atom. The average Bonchev–Trinajstić information content (AvgIpc) is 2.39. The Morgan fingerprint density at radius 3 is 2.25 bits per heavy atom. The van der Waals surface area contributed by atoms with Crippen LogP contribution >= 0.6 is 0 Å². The summed E-state index contributed by atoms with van der Waals surface area (Å²) in [7, 11) is 0. The molecule has 1 N–H and O–H groups in total. The maximum Gasteiger partial charge on any atom is 0.407 e. The fourth-order valence-electron chi connectivity index (χ4n) is 2.12. The minimum atomic E-state index is -0.869. The van der Waals surface area contributed by atoms with E-state index in [1.54, 1.807) is 27.7 Å². The molecule has 1 aliphatic rings. The quantitative estimate of drug-likeness (QED) is 0.612. The summed E-state index contributed by atoms with van der Waals surface area (Å²) in [6.07, 6.45) is -1.55. The van der Waals surface area contributed by atoms with Crippen molar-refractivity contribution in [3.63, 3.8) is 0 Å². The summed E-state index contributed by atoms with van der Waals surface area (Å²) in [5.74, 6) is -1.05. The second-order valence-corrected chi connectivity index (χ2v) is 6.52. The molecule has 0 fully saturated rings. The van der Waals surface area contributed by atoms with Gasteiger partial charge < -0.3 is 24.3 Å². The van der Waals surface area contributed by atoms with Crippen molar-refractivity contribution in [1.29, 1.82) is 0 Å². The third-order valence-corrected chi connectivity index (χ3v) is 2.98. The van der Waals surface area contributed by atoms with Crippen LogP contribution in [0.4, 0.5) is 4.79 Å². The summed E-state index contributed by atoms with van der Waals surface area (Å²) in [4.78, 5) is 34.4. The fourth-order valence-corrected chi connectivity index (χ4v) is 2.12. The third kappa shape index (κ3) is 6.47. The van der Waals surface area contributed by atoms with Gasteiger partial charge in [-0.15, -0.1) is 0 Å². The molecule has 1 aliphatic heterocycles. The summed E-state index contributed by atoms with van der Waals surface area (Å²) in [5.41, 5.74) is -0.0335. The van der Waals surface area contributed by atoms with Gasteiger partial charge in [-0.05, 0) is 27.7 Å². The first kappa shape index (κ1) is 19.8. The van der Waals surface area contributed by atoms with Crippen LogP contribution in [0.5, 0.6) is 0 Å². The number of carbonyl (C=O) groups excluding carboxylic acids is 3. The van der Waals surface area contributed by atoms with E-state index in [1.807, 2.05) is 0 Å². The van der Waals surface area contributed by atoms with Crippen LogP contribution in [0.1, 0.15) is 41.5 Å². The number of nitrogens with one attached hydrogen (secondary N) is 1. The van der Waals surface area contributed by atoms with E-state index < -0.39 is 41.9 Å². The average molecular weight is 343 g/mol. The zero-order valence-corrected chi connectivity index (χ0v) is 14.9. The van der Waals surface area contributed by atoms with Crippen molar-refractivity contribution in [2.75, 3.05) is 6.54 Å². The normalized spacial score (nSPS) is 23.4. The van der Waals surface area contributed by atoms with Gasteiger partial charge in [0.1, 0.15) is 5.60 Å². The van der Waals surface area contributed by atoms with Gasteiger partial charge in [0.15, 0.2) is 18.3 Å². The Labute approximate surface area is 141 Å². The molecule has 0 aromatic heterocycles. The maximum absolute atomic E-state index is 11.8. The molecule has 3 unspecified atom stereocenters. The summed E-state index contributed by atoms with van der Waals surface area (Å²) in [5, 5.41) is 2.55. The molecule has 0 bridgehead atoms. The van der Waals surface area contributed by atoms with Crippen LogP contribution < -0.4 is 5.32 Å². The van der Waals surface area contributed by atoms with E-state index in [-0.39, 0.29) is 6.54 Å². The van der Waals surface area contributed by atoms with Crippen molar-refractivity contribution in [3.05, 3.63) is 11.8 Å². The van der Waals surface area contributed by atoms with E-state index in [9.17, 15) is 14.4 Å². The largest absolute Gasteiger partial charge is 0.492 e. The molecule has 0 aromatic rings. The second kappa shape index (κ2) is 8.03. The molecule has 1 heterocycles. The lowest BCUT2D eigenvalue weighted by Gasteiger charge is -2.36. The summed E-state index contributed by atoms with van der Waals surface area (Å²) >= 11 is 0. The SMILES string of the molecule is CC(=O)OC1C(C)=COC(CNC(=O)OC(C)(C)C)C1OC(C)=O. The summed E-state index contributed by atoms with van der Waals surface area (Å²) in [6.45, 7) is 9.46. The molecular weight excluding hydrogens is 318 g/mol. The van der Waals surface area contributed by atoms with Gasteiger partial charge in [0.25, 0.3) is 0 Å². The highest BCUT2D eigenvalue weighted by atomic mass is 16.6. The predicted molar refractivity (Wildman–Crippen MR) is 84.0 cm³/mol. The van der Waals surface area contributed by atoms with Crippen molar-refractivity contribution >= 4 is 18.0 Å². The zero-order chi connectivity index (χ0) is 18.5. The fraction of sp³-hybridized carbons (Fsp3) is 0.688. The van der Waals surface area contributed by atoms with Crippen LogP contribution in [-0.2, 0) is 28.5 Å². The highest BCUT2D eigenvalue weighted by Gasteiger charge is 2.40. The molecule has 0 aliphatic carbocycles. The standard InChI is InChI=1S/C16H25NO7/c1-9-8-21-12(7-17-15(20)24-16(4,5)6)14(23-11(3)19)13(9)22-10(2)18/h8,12-14H,7H2,1-6H3,(H,17,20). The molecule has 1 rings (SSSR count). The minimum absolute atomic E-state index is 0.0222. The maximum atomic E-state index is 11.8. The van der Waals surface area contributed by atoms with Gasteiger partial charge in [-0.1, -0.05) is 0 Å². The van der Waals surface area contributed by atoms with E-state index in [4.69, 9.17) is 18.9 Å². The van der Waals surface area contributed by atoms with Gasteiger partial charge in [0.05, 0.1) is 12.8 Å². The molecule has 8 nitrogen and oxygen atoms in total. The van der Waals surface area contributed by atoms with E-state index in [1.165, 1.54) is 20.1 Å². The molecule has 0 radical (unpaired) electrons. The third-order valence-electron chi connectivity index (χ3n) is 2.98. The van der Waals surface area contributed by atoms with Crippen LogP contribution in [0.15, 0.2) is 11.8 Å². The number of alkyl carbamates (subject to hydrolysis) is 1. The van der Waals surface area contributed by atoms with Crippen LogP contribution in [0.25, 0.3) is 0 Å². The first-order valence-corrected chi connectivity index (χ1v) is 7.63. The van der Waals surface area contributed by atoms with Crippen molar-refractivity contribution in [1.82, 2.24) is 5.32 Å². The Kier molecular flexibility index (Phi) is 6.62. The van der Waals surface area contributed by atoms with Crippen molar-refractivity contribution in [3.8, 4) is 0 Å². The molecular formula is C16H25NO7. The smallest absolute Gasteiger partial charge is 0.407 e. The first-order valence-electron chi connectivity index (χ1n) is 7.63. The number of carbonyl (C=O) groups is 3. The molecule has 136 valence electrons. The Hall–Kier alpha value is -2.25. The highest BCUT2D eigenvalue weighted by molar-refractivity contribution is 5.68. The highest BCUT2D eigenvalue weighted by Crippen LogP contribution is 2.24. The van der Waals surface area contributed by atoms with E-state index in [0.29, 0.717) is 5.57 Å². The lowest BCUT2D eigenvalue weighted by molar-refractivity contribution is -0.174. The topological polar surface area (TPSA) is 100 Å². The summed E-state index contributed by atoms with van der Waals surface area (Å²) < 4.78 is 21.1. The van der Waals surface area contributed by atoms with E-state index in [0.717, 1.165) is 0 Å². The van der Waals surface area contributed by atoms with Gasteiger partial charge in [0.2, 0.25) is 0 Å². The van der Waals surface area contributed by atoms with Crippen molar-refractivity contribution in [2.24, 2.45) is 0 Å². The Balaban J connectivity index is 2.81. The van der Waals surface area contributed by atoms with E-state index >= 15 is 0 Å². The van der Waals surface area contributed by atoms with Crippen LogP contribution in [0.2, 0.25) is 0 Å². The lowest BCUT2D eigenvalue weighted by atomic mass is 9.99. The van der Waals surface area contributed by atoms with Gasteiger partial charge >= 0.3 is 18.0 Å². The number of hydrogen-bond donors (Lipinski definition) is 1. The minimum Gasteiger partial charge on any atom is -0.492 e. The lowest BCUT2D eigenvalue weighted by Crippen LogP contribution is -2.51. The second-order valence-electron chi connectivity index (χ2n) is 6.52. The Bertz CT molecular complexity index is 521. The van der Waals surface area contributed by atoms with Crippen molar-refractivity contribution in [2.45, 2.75) is 65.5 Å². The molecule has 0 aromatic carbocycles. The number of amides is 1. The van der Waals surface area contributed by atoms with Gasteiger partial charge in [-0.2, -0.15) is 0 Å². The van der Waals surface area contributed by atoms with Gasteiger partial charge in [-0.25, -0.2) is 4.79 Å². The first-order chi connectivity index (χ1) is 11.0. The molecule has 0 spiro atoms.